The van der Waals surface area contributed by atoms with Crippen molar-refractivity contribution in [3.63, 3.8) is 0 Å². The summed E-state index contributed by atoms with van der Waals surface area (Å²) in [5, 5.41) is 2.89. The van der Waals surface area contributed by atoms with Crippen LogP contribution in [0.1, 0.15) is 21.5 Å². The molecule has 0 radical (unpaired) electrons. The lowest BCUT2D eigenvalue weighted by atomic mass is 10.1. The first kappa shape index (κ1) is 13.5. The van der Waals surface area contributed by atoms with Crippen molar-refractivity contribution in [2.24, 2.45) is 0 Å². The Labute approximate surface area is 115 Å². The van der Waals surface area contributed by atoms with Crippen molar-refractivity contribution in [2.75, 3.05) is 5.32 Å². The fraction of sp³-hybridized carbons (Fsp3) is 0.143. The van der Waals surface area contributed by atoms with E-state index < -0.39 is 0 Å². The number of aryl methyl sites for hydroxylation is 2. The van der Waals surface area contributed by atoms with Crippen molar-refractivity contribution in [3.8, 4) is 0 Å². The molecule has 19 heavy (non-hydrogen) atoms. The number of aromatic nitrogens is 1. The van der Waals surface area contributed by atoms with Gasteiger partial charge in [0.2, 0.25) is 0 Å². The van der Waals surface area contributed by atoms with Crippen LogP contribution in [0, 0.1) is 19.7 Å². The van der Waals surface area contributed by atoms with E-state index in [1.165, 1.54) is 18.2 Å². The van der Waals surface area contributed by atoms with Gasteiger partial charge in [0, 0.05) is 11.8 Å². The van der Waals surface area contributed by atoms with E-state index in [0.29, 0.717) is 16.8 Å². The molecule has 2 aromatic rings. The number of halogens is 2. The van der Waals surface area contributed by atoms with Crippen LogP contribution >= 0.6 is 11.6 Å². The van der Waals surface area contributed by atoms with Gasteiger partial charge in [0.1, 0.15) is 5.82 Å². The third-order valence-corrected chi connectivity index (χ3v) is 2.96. The number of hydrogen-bond donors (Lipinski definition) is 1. The Hall–Kier alpha value is -1.94. The maximum atomic E-state index is 13.0. The molecule has 1 aromatic carbocycles. The summed E-state index contributed by atoms with van der Waals surface area (Å²) in [5.74, 6) is -0.712. The SMILES string of the molecule is Cc1cnc(Cl)c(NC(=O)c2ccc(F)cc2C)c1. The normalized spacial score (nSPS) is 10.3. The van der Waals surface area contributed by atoms with Crippen LogP contribution < -0.4 is 5.32 Å². The predicted octanol–water partition coefficient (Wildman–Crippen LogP) is 3.74. The van der Waals surface area contributed by atoms with E-state index in [9.17, 15) is 9.18 Å². The molecule has 3 nitrogen and oxygen atoms in total. The Kier molecular flexibility index (Phi) is 3.81. The molecule has 98 valence electrons. The highest BCUT2D eigenvalue weighted by atomic mass is 35.5. The van der Waals surface area contributed by atoms with Crippen molar-refractivity contribution in [2.45, 2.75) is 13.8 Å². The topological polar surface area (TPSA) is 42.0 Å². The monoisotopic (exact) mass is 278 g/mol. The molecule has 0 unspecified atom stereocenters. The summed E-state index contributed by atoms with van der Waals surface area (Å²) in [7, 11) is 0. The predicted molar refractivity (Wildman–Crippen MR) is 73.1 cm³/mol. The molecule has 0 aliphatic heterocycles. The fourth-order valence-corrected chi connectivity index (χ4v) is 1.86. The first-order chi connectivity index (χ1) is 8.97. The van der Waals surface area contributed by atoms with Crippen molar-refractivity contribution in [1.82, 2.24) is 4.98 Å². The van der Waals surface area contributed by atoms with Crippen LogP contribution in [-0.2, 0) is 0 Å². The minimum absolute atomic E-state index is 0.221. The zero-order valence-corrected chi connectivity index (χ0v) is 11.3. The van der Waals surface area contributed by atoms with Gasteiger partial charge in [0.15, 0.2) is 5.15 Å². The van der Waals surface area contributed by atoms with Gasteiger partial charge in [-0.1, -0.05) is 11.6 Å². The molecule has 1 amide bonds. The summed E-state index contributed by atoms with van der Waals surface area (Å²) in [6.45, 7) is 3.52. The van der Waals surface area contributed by atoms with Gasteiger partial charge in [0.25, 0.3) is 5.91 Å². The molecule has 0 atom stereocenters. The van der Waals surface area contributed by atoms with E-state index >= 15 is 0 Å². The van der Waals surface area contributed by atoms with Crippen molar-refractivity contribution >= 4 is 23.2 Å². The lowest BCUT2D eigenvalue weighted by molar-refractivity contribution is 0.102. The van der Waals surface area contributed by atoms with E-state index in [1.54, 1.807) is 19.2 Å². The highest BCUT2D eigenvalue weighted by molar-refractivity contribution is 6.32. The van der Waals surface area contributed by atoms with Gasteiger partial charge < -0.3 is 5.32 Å². The molecular formula is C14H12ClFN2O. The summed E-state index contributed by atoms with van der Waals surface area (Å²) in [6, 6.07) is 5.73. The molecule has 2 rings (SSSR count). The molecule has 0 saturated carbocycles. The second-order valence-electron chi connectivity index (χ2n) is 4.26. The number of amides is 1. The first-order valence-electron chi connectivity index (χ1n) is 5.67. The minimum Gasteiger partial charge on any atom is -0.319 e. The molecule has 0 saturated heterocycles. The summed E-state index contributed by atoms with van der Waals surface area (Å²) in [5.41, 5.74) is 2.29. The maximum Gasteiger partial charge on any atom is 0.256 e. The number of nitrogens with zero attached hydrogens (tertiary/aromatic N) is 1. The van der Waals surface area contributed by atoms with Gasteiger partial charge in [-0.05, 0) is 49.2 Å². The summed E-state index contributed by atoms with van der Waals surface area (Å²) in [6.07, 6.45) is 1.61. The largest absolute Gasteiger partial charge is 0.319 e. The maximum absolute atomic E-state index is 13.0. The van der Waals surface area contributed by atoms with E-state index in [-0.39, 0.29) is 16.9 Å². The Morgan fingerprint density at radius 1 is 1.32 bits per heavy atom. The average Bonchev–Trinajstić information content (AvgIpc) is 2.33. The third-order valence-electron chi connectivity index (χ3n) is 2.66. The lowest BCUT2D eigenvalue weighted by Gasteiger charge is -2.09. The van der Waals surface area contributed by atoms with Crippen LogP contribution in [0.25, 0.3) is 0 Å². The van der Waals surface area contributed by atoms with E-state index in [2.05, 4.69) is 10.3 Å². The van der Waals surface area contributed by atoms with Gasteiger partial charge >= 0.3 is 0 Å². The Bertz CT molecular complexity index is 643. The summed E-state index contributed by atoms with van der Waals surface area (Å²) in [4.78, 5) is 16.0. The number of benzene rings is 1. The Morgan fingerprint density at radius 2 is 2.05 bits per heavy atom. The van der Waals surface area contributed by atoms with Crippen LogP contribution in [-0.4, -0.2) is 10.9 Å². The molecular weight excluding hydrogens is 267 g/mol. The highest BCUT2D eigenvalue weighted by Crippen LogP contribution is 2.21. The highest BCUT2D eigenvalue weighted by Gasteiger charge is 2.12. The standard InChI is InChI=1S/C14H12ClFN2O/c1-8-5-12(13(15)17-7-8)18-14(19)11-4-3-10(16)6-9(11)2/h3-7H,1-2H3,(H,18,19). The Balaban J connectivity index is 2.28. The number of carbonyl (C=O) groups excluding carboxylic acids is 1. The number of anilines is 1. The molecule has 0 aliphatic carbocycles. The van der Waals surface area contributed by atoms with Gasteiger partial charge in [-0.15, -0.1) is 0 Å². The number of hydrogen-bond acceptors (Lipinski definition) is 2. The van der Waals surface area contributed by atoms with Gasteiger partial charge in [-0.25, -0.2) is 9.37 Å². The van der Waals surface area contributed by atoms with Gasteiger partial charge in [0.05, 0.1) is 5.69 Å². The molecule has 5 heteroatoms. The zero-order chi connectivity index (χ0) is 14.0. The number of carbonyl (C=O) groups is 1. The zero-order valence-electron chi connectivity index (χ0n) is 10.5. The number of nitrogens with one attached hydrogen (secondary N) is 1. The second kappa shape index (κ2) is 5.36. The average molecular weight is 279 g/mol. The second-order valence-corrected chi connectivity index (χ2v) is 4.62. The fourth-order valence-electron chi connectivity index (χ4n) is 1.71. The molecule has 0 spiro atoms. The lowest BCUT2D eigenvalue weighted by Crippen LogP contribution is -2.14. The van der Waals surface area contributed by atoms with Gasteiger partial charge in [-0.3, -0.25) is 4.79 Å². The van der Waals surface area contributed by atoms with Crippen LogP contribution in [0.5, 0.6) is 0 Å². The molecule has 0 fully saturated rings. The van der Waals surface area contributed by atoms with Crippen LogP contribution in [0.3, 0.4) is 0 Å². The van der Waals surface area contributed by atoms with E-state index in [1.807, 2.05) is 6.92 Å². The van der Waals surface area contributed by atoms with Crippen molar-refractivity contribution in [3.05, 3.63) is 58.1 Å². The van der Waals surface area contributed by atoms with E-state index in [4.69, 9.17) is 11.6 Å². The van der Waals surface area contributed by atoms with Crippen molar-refractivity contribution < 1.29 is 9.18 Å². The molecule has 0 bridgehead atoms. The molecule has 1 N–H and O–H groups in total. The summed E-state index contributed by atoms with van der Waals surface area (Å²) < 4.78 is 13.0. The quantitative estimate of drug-likeness (QED) is 0.850. The molecule has 1 aromatic heterocycles. The third kappa shape index (κ3) is 3.09. The van der Waals surface area contributed by atoms with Crippen LogP contribution in [0.4, 0.5) is 10.1 Å². The van der Waals surface area contributed by atoms with Crippen LogP contribution in [0.15, 0.2) is 30.5 Å². The van der Waals surface area contributed by atoms with Crippen LogP contribution in [0.2, 0.25) is 5.15 Å². The number of rotatable bonds is 2. The minimum atomic E-state index is -0.371. The first-order valence-corrected chi connectivity index (χ1v) is 6.05. The van der Waals surface area contributed by atoms with Gasteiger partial charge in [-0.2, -0.15) is 0 Å². The summed E-state index contributed by atoms with van der Waals surface area (Å²) >= 11 is 5.91. The van der Waals surface area contributed by atoms with E-state index in [0.717, 1.165) is 5.56 Å². The molecule has 1 heterocycles. The smallest absolute Gasteiger partial charge is 0.256 e. The number of pyridine rings is 1. The molecule has 0 aliphatic rings. The van der Waals surface area contributed by atoms with Crippen molar-refractivity contribution in [1.29, 1.82) is 0 Å². The Morgan fingerprint density at radius 3 is 2.74 bits per heavy atom.